The molecule has 0 bridgehead atoms. The Bertz CT molecular complexity index is 1530. The third kappa shape index (κ3) is 8.97. The van der Waals surface area contributed by atoms with Gasteiger partial charge in [-0.15, -0.1) is 0 Å². The Morgan fingerprint density at radius 2 is 0.756 bits per heavy atom. The van der Waals surface area contributed by atoms with Crippen LogP contribution in [0, 0.1) is 33.8 Å². The average molecular weight is 681 g/mol. The second kappa shape index (κ2) is 18.6. The number of hydrogen-bond donors (Lipinski definition) is 0. The Morgan fingerprint density at radius 1 is 0.444 bits per heavy atom. The van der Waals surface area contributed by atoms with Gasteiger partial charge in [-0.3, -0.25) is 0 Å². The molecule has 7 nitrogen and oxygen atoms in total. The van der Waals surface area contributed by atoms with E-state index < -0.39 is 16.1 Å². The number of aryl methyl sites for hydroxylation is 2. The molecule has 0 aromatic heterocycles. The van der Waals surface area contributed by atoms with Gasteiger partial charge in [0.2, 0.25) is 0 Å². The van der Waals surface area contributed by atoms with E-state index in [9.17, 15) is 0 Å². The fourth-order valence-electron chi connectivity index (χ4n) is 4.50. The second-order valence-electron chi connectivity index (χ2n) is 9.05. The Balaban J connectivity index is 0.000000264. The SMILES string of the molecule is Cc1cccc2c1O[PH]1(O2)Oc2cccc(C)c2O1.[C-]#[O+].[C-]#[O+].[C-]#[O+].[Co].c1ccc(P(c2ccccc2)c2ccccc2)cc1. The Labute approximate surface area is 275 Å². The minimum absolute atomic E-state index is 0. The molecule has 0 atom stereocenters. The smallest absolute Gasteiger partial charge is 0 e. The van der Waals surface area contributed by atoms with E-state index in [0.717, 1.165) is 22.6 Å². The molecule has 45 heavy (non-hydrogen) atoms. The van der Waals surface area contributed by atoms with Gasteiger partial charge in [-0.25, -0.2) is 0 Å². The summed E-state index contributed by atoms with van der Waals surface area (Å²) in [6.45, 7) is 17.5. The molecule has 7 rings (SSSR count). The molecule has 0 saturated carbocycles. The molecule has 0 saturated heterocycles. The van der Waals surface area contributed by atoms with Crippen LogP contribution in [-0.4, -0.2) is 0 Å². The molecule has 0 fully saturated rings. The van der Waals surface area contributed by atoms with Gasteiger partial charge in [-0.1, -0.05) is 91.0 Å². The van der Waals surface area contributed by atoms with E-state index in [1.165, 1.54) is 15.9 Å². The predicted octanol–water partition coefficient (Wildman–Crippen LogP) is 7.29. The first kappa shape index (κ1) is 37.1. The molecule has 1 spiro atoms. The molecular weight excluding hydrogens is 653 g/mol. The summed E-state index contributed by atoms with van der Waals surface area (Å²) in [7, 11) is -3.59. The average Bonchev–Trinajstić information content (AvgIpc) is 3.66. The van der Waals surface area contributed by atoms with Crippen LogP contribution >= 0.6 is 16.1 Å². The van der Waals surface area contributed by atoms with Gasteiger partial charge in [-0.2, -0.15) is 0 Å². The van der Waals surface area contributed by atoms with Crippen LogP contribution in [0.5, 0.6) is 23.0 Å². The summed E-state index contributed by atoms with van der Waals surface area (Å²) in [5.74, 6) is 2.83. The van der Waals surface area contributed by atoms with Crippen LogP contribution in [0.3, 0.4) is 0 Å². The number of hydrogen-bond acceptors (Lipinski definition) is 4. The third-order valence-electron chi connectivity index (χ3n) is 6.32. The Hall–Kier alpha value is -4.11. The van der Waals surface area contributed by atoms with Gasteiger partial charge < -0.3 is 0 Å². The first-order chi connectivity index (χ1) is 21.6. The van der Waals surface area contributed by atoms with Gasteiger partial charge in [0.15, 0.2) is 0 Å². The maximum Gasteiger partial charge on any atom is 0 e. The van der Waals surface area contributed by atoms with Crippen molar-refractivity contribution in [2.75, 3.05) is 0 Å². The molecule has 5 aromatic rings. The van der Waals surface area contributed by atoms with Crippen molar-refractivity contribution in [3.8, 4) is 23.0 Å². The minimum atomic E-state index is -3.14. The summed E-state index contributed by atoms with van der Waals surface area (Å²) in [5, 5.41) is 4.19. The van der Waals surface area contributed by atoms with E-state index in [4.69, 9.17) is 32.1 Å². The summed E-state index contributed by atoms with van der Waals surface area (Å²) in [5.41, 5.74) is 2.03. The quantitative estimate of drug-likeness (QED) is 0.114. The van der Waals surface area contributed by atoms with Gasteiger partial charge in [0.05, 0.1) is 0 Å². The van der Waals surface area contributed by atoms with Crippen molar-refractivity contribution in [2.24, 2.45) is 0 Å². The van der Waals surface area contributed by atoms with Crippen molar-refractivity contribution in [1.29, 1.82) is 0 Å². The van der Waals surface area contributed by atoms with Crippen LogP contribution in [-0.2, 0) is 30.7 Å². The molecule has 0 amide bonds. The van der Waals surface area contributed by atoms with Crippen LogP contribution in [0.25, 0.3) is 0 Å². The summed E-state index contributed by atoms with van der Waals surface area (Å²) >= 11 is 0. The molecule has 0 N–H and O–H groups in total. The second-order valence-corrected chi connectivity index (χ2v) is 13.1. The molecule has 0 unspecified atom stereocenters. The zero-order chi connectivity index (χ0) is 32.0. The molecule has 1 radical (unpaired) electrons. The number of fused-ring (bicyclic) bond motifs is 2. The van der Waals surface area contributed by atoms with Crippen LogP contribution in [0.1, 0.15) is 11.1 Å². The fraction of sp³-hybridized carbons (Fsp3) is 0.0571. The fourth-order valence-corrected chi connectivity index (χ4v) is 8.93. The molecule has 2 aliphatic heterocycles. The number of para-hydroxylation sites is 2. The van der Waals surface area contributed by atoms with E-state index in [0.29, 0.717) is 11.5 Å². The van der Waals surface area contributed by atoms with Gasteiger partial charge in [0.25, 0.3) is 0 Å². The Morgan fingerprint density at radius 3 is 1.04 bits per heavy atom. The molecule has 10 heteroatoms. The van der Waals surface area contributed by atoms with E-state index in [1.54, 1.807) is 0 Å². The topological polar surface area (TPSA) is 96.6 Å². The minimum Gasteiger partial charge on any atom is -0.0622 e. The third-order valence-corrected chi connectivity index (χ3v) is 10.6. The number of benzene rings is 5. The van der Waals surface area contributed by atoms with E-state index in [2.05, 4.69) is 111 Å². The molecule has 2 aliphatic rings. The summed E-state index contributed by atoms with van der Waals surface area (Å²) < 4.78 is 46.0. The van der Waals surface area contributed by atoms with E-state index in [1.807, 2.05) is 50.2 Å². The first-order valence-electron chi connectivity index (χ1n) is 13.1. The van der Waals surface area contributed by atoms with Crippen molar-refractivity contribution in [1.82, 2.24) is 0 Å². The maximum absolute atomic E-state index is 7.50. The van der Waals surface area contributed by atoms with Crippen molar-refractivity contribution in [3.63, 3.8) is 0 Å². The van der Waals surface area contributed by atoms with Crippen LogP contribution < -0.4 is 34.0 Å². The molecule has 2 heterocycles. The van der Waals surface area contributed by atoms with Crippen LogP contribution in [0.15, 0.2) is 127 Å². The zero-order valence-corrected chi connectivity index (χ0v) is 27.2. The monoisotopic (exact) mass is 681 g/mol. The van der Waals surface area contributed by atoms with Gasteiger partial charge in [0.1, 0.15) is 0 Å². The van der Waals surface area contributed by atoms with E-state index >= 15 is 0 Å². The van der Waals surface area contributed by atoms with Crippen molar-refractivity contribution < 1.29 is 48.8 Å². The van der Waals surface area contributed by atoms with Crippen molar-refractivity contribution >= 4 is 32.0 Å². The summed E-state index contributed by atoms with van der Waals surface area (Å²) in [6, 6.07) is 43.9. The predicted molar refractivity (Wildman–Crippen MR) is 170 cm³/mol. The standard InChI is InChI=1S/C18H15P.C14H13O4P.3CO.Co/c1-4-10-16(11-5-1)19(17-12-6-2-7-13-17)18-14-8-3-9-15-18;1-9-5-3-7-11-13(9)17-19(15-11)16-12-8-4-6-10(2)14(12)18-19;3*1-2;/h1-15H;3-8,19H,1-2H3;;;;. The van der Waals surface area contributed by atoms with Gasteiger partial charge in [-0.05, 0) is 23.8 Å². The Kier molecular flexibility index (Phi) is 15.4. The molecule has 5 aromatic carbocycles. The van der Waals surface area contributed by atoms with Gasteiger partial charge in [0, 0.05) is 16.8 Å². The zero-order valence-electron chi connectivity index (χ0n) is 24.3. The molecule has 229 valence electrons. The summed E-state index contributed by atoms with van der Waals surface area (Å²) in [4.78, 5) is 0. The normalized spacial score (nSPS) is 12.5. The van der Waals surface area contributed by atoms with Crippen molar-refractivity contribution in [2.45, 2.75) is 13.8 Å². The largest absolute Gasteiger partial charge is 0.0622 e. The maximum atomic E-state index is 7.50. The van der Waals surface area contributed by atoms with Crippen LogP contribution in [0.4, 0.5) is 0 Å². The first-order valence-corrected chi connectivity index (χ1v) is 16.1. The number of rotatable bonds is 3. The van der Waals surface area contributed by atoms with Crippen LogP contribution in [0.2, 0.25) is 0 Å². The molecule has 0 aliphatic carbocycles. The van der Waals surface area contributed by atoms with Gasteiger partial charge >= 0.3 is 145 Å². The summed E-state index contributed by atoms with van der Waals surface area (Å²) in [6.07, 6.45) is 0. The van der Waals surface area contributed by atoms with Crippen molar-refractivity contribution in [3.05, 3.63) is 158 Å². The van der Waals surface area contributed by atoms with E-state index in [-0.39, 0.29) is 16.8 Å². The molecular formula is C35H28CoO7P2.